The van der Waals surface area contributed by atoms with Crippen molar-refractivity contribution in [2.45, 2.75) is 12.3 Å². The van der Waals surface area contributed by atoms with Gasteiger partial charge in [-0.05, 0) is 17.7 Å². The first-order valence-corrected chi connectivity index (χ1v) is 8.01. The van der Waals surface area contributed by atoms with Gasteiger partial charge in [-0.15, -0.1) is 13.2 Å². The van der Waals surface area contributed by atoms with Gasteiger partial charge >= 0.3 is 5.97 Å². The fourth-order valence-electron chi connectivity index (χ4n) is 2.36. The van der Waals surface area contributed by atoms with Crippen molar-refractivity contribution in [2.75, 3.05) is 6.54 Å². The molecule has 0 radical (unpaired) electrons. The van der Waals surface area contributed by atoms with Crippen molar-refractivity contribution in [3.8, 4) is 0 Å². The standard InChI is InChI=1S/C21H21NO3/c1-3-15-22(25-21(24)19-13-9-6-10-14-19)20(23)16-17(4-2)18-11-7-5-8-12-18/h3-14,17H,1-2,15-16H2. The molecule has 2 aromatic carbocycles. The van der Waals surface area contributed by atoms with E-state index in [1.165, 1.54) is 6.08 Å². The Kier molecular flexibility index (Phi) is 6.72. The second-order valence-corrected chi connectivity index (χ2v) is 5.45. The third-order valence-electron chi connectivity index (χ3n) is 3.68. The summed E-state index contributed by atoms with van der Waals surface area (Å²) in [5.74, 6) is -1.04. The van der Waals surface area contributed by atoms with Gasteiger partial charge in [-0.1, -0.05) is 60.7 Å². The molecule has 0 N–H and O–H groups in total. The first kappa shape index (κ1) is 18.2. The molecule has 0 spiro atoms. The van der Waals surface area contributed by atoms with Crippen molar-refractivity contribution >= 4 is 11.9 Å². The molecule has 0 fully saturated rings. The monoisotopic (exact) mass is 335 g/mol. The largest absolute Gasteiger partial charge is 0.363 e. The normalized spacial score (nSPS) is 11.2. The Balaban J connectivity index is 2.08. The van der Waals surface area contributed by atoms with Gasteiger partial charge in [-0.25, -0.2) is 4.79 Å². The Hall–Kier alpha value is -3.14. The van der Waals surface area contributed by atoms with Crippen LogP contribution in [0.3, 0.4) is 0 Å². The molecule has 2 rings (SSSR count). The quantitative estimate of drug-likeness (QED) is 0.564. The molecule has 0 aliphatic carbocycles. The van der Waals surface area contributed by atoms with Crippen LogP contribution < -0.4 is 0 Å². The molecule has 0 saturated carbocycles. The summed E-state index contributed by atoms with van der Waals surface area (Å²) in [7, 11) is 0. The molecule has 4 nitrogen and oxygen atoms in total. The molecule has 25 heavy (non-hydrogen) atoms. The lowest BCUT2D eigenvalue weighted by Gasteiger charge is -2.22. The maximum atomic E-state index is 12.6. The van der Waals surface area contributed by atoms with Crippen LogP contribution in [0.4, 0.5) is 0 Å². The van der Waals surface area contributed by atoms with Crippen molar-refractivity contribution in [3.63, 3.8) is 0 Å². The van der Waals surface area contributed by atoms with E-state index in [2.05, 4.69) is 13.2 Å². The number of carbonyl (C=O) groups is 2. The minimum absolute atomic E-state index is 0.121. The first-order valence-electron chi connectivity index (χ1n) is 8.01. The number of benzene rings is 2. The third kappa shape index (κ3) is 5.18. The number of amides is 1. The third-order valence-corrected chi connectivity index (χ3v) is 3.68. The lowest BCUT2D eigenvalue weighted by molar-refractivity contribution is -0.165. The first-order chi connectivity index (χ1) is 12.2. The van der Waals surface area contributed by atoms with Crippen LogP contribution >= 0.6 is 0 Å². The number of hydrogen-bond donors (Lipinski definition) is 0. The highest BCUT2D eigenvalue weighted by molar-refractivity contribution is 5.90. The highest BCUT2D eigenvalue weighted by Crippen LogP contribution is 2.22. The minimum atomic E-state index is -0.578. The summed E-state index contributed by atoms with van der Waals surface area (Å²) in [5, 5.41) is 1.04. The molecule has 0 aromatic heterocycles. The van der Waals surface area contributed by atoms with Crippen LogP contribution in [0.5, 0.6) is 0 Å². The average Bonchev–Trinajstić information content (AvgIpc) is 2.66. The van der Waals surface area contributed by atoms with Gasteiger partial charge in [0, 0.05) is 12.3 Å². The lowest BCUT2D eigenvalue weighted by Crippen LogP contribution is -2.34. The smallest absolute Gasteiger partial charge is 0.332 e. The Bertz CT molecular complexity index is 725. The van der Waals surface area contributed by atoms with Crippen LogP contribution in [0, 0.1) is 0 Å². The van der Waals surface area contributed by atoms with Crippen LogP contribution in [0.1, 0.15) is 28.3 Å². The second kappa shape index (κ2) is 9.23. The molecule has 1 atom stereocenters. The van der Waals surface area contributed by atoms with E-state index in [0.717, 1.165) is 10.6 Å². The Morgan fingerprint density at radius 2 is 1.60 bits per heavy atom. The second-order valence-electron chi connectivity index (χ2n) is 5.45. The summed E-state index contributed by atoms with van der Waals surface area (Å²) in [6, 6.07) is 18.2. The van der Waals surface area contributed by atoms with Crippen molar-refractivity contribution < 1.29 is 14.4 Å². The SMILES string of the molecule is C=CCN(OC(=O)c1ccccc1)C(=O)CC(C=C)c1ccccc1. The van der Waals surface area contributed by atoms with Gasteiger partial charge in [0.15, 0.2) is 0 Å². The van der Waals surface area contributed by atoms with Crippen molar-refractivity contribution in [1.29, 1.82) is 0 Å². The number of carbonyl (C=O) groups excluding carboxylic acids is 2. The molecule has 128 valence electrons. The summed E-state index contributed by atoms with van der Waals surface area (Å²) in [6.45, 7) is 7.54. The van der Waals surface area contributed by atoms with Gasteiger partial charge in [0.1, 0.15) is 0 Å². The van der Waals surface area contributed by atoms with E-state index in [4.69, 9.17) is 4.84 Å². The van der Waals surface area contributed by atoms with E-state index in [0.29, 0.717) is 5.56 Å². The lowest BCUT2D eigenvalue weighted by atomic mass is 9.95. The van der Waals surface area contributed by atoms with Gasteiger partial charge in [0.25, 0.3) is 5.91 Å². The van der Waals surface area contributed by atoms with Crippen molar-refractivity contribution in [1.82, 2.24) is 5.06 Å². The van der Waals surface area contributed by atoms with Gasteiger partial charge in [0.2, 0.25) is 0 Å². The molecule has 0 heterocycles. The zero-order valence-electron chi connectivity index (χ0n) is 14.0. The van der Waals surface area contributed by atoms with E-state index in [1.54, 1.807) is 36.4 Å². The molecule has 1 amide bonds. The van der Waals surface area contributed by atoms with Gasteiger partial charge < -0.3 is 4.84 Å². The van der Waals surface area contributed by atoms with Crippen LogP contribution in [0.15, 0.2) is 86.0 Å². The van der Waals surface area contributed by atoms with E-state index >= 15 is 0 Å². The Morgan fingerprint density at radius 1 is 1.00 bits per heavy atom. The number of nitrogens with zero attached hydrogens (tertiary/aromatic N) is 1. The topological polar surface area (TPSA) is 46.6 Å². The maximum absolute atomic E-state index is 12.6. The molecule has 0 aliphatic rings. The van der Waals surface area contributed by atoms with Gasteiger partial charge in [0.05, 0.1) is 12.1 Å². The van der Waals surface area contributed by atoms with E-state index < -0.39 is 5.97 Å². The number of allylic oxidation sites excluding steroid dienone is 1. The number of rotatable bonds is 7. The van der Waals surface area contributed by atoms with E-state index in [1.807, 2.05) is 30.3 Å². The van der Waals surface area contributed by atoms with Crippen LogP contribution in [0.2, 0.25) is 0 Å². The molecule has 0 aliphatic heterocycles. The summed E-state index contributed by atoms with van der Waals surface area (Å²) >= 11 is 0. The van der Waals surface area contributed by atoms with E-state index in [9.17, 15) is 9.59 Å². The van der Waals surface area contributed by atoms with Crippen LogP contribution in [-0.4, -0.2) is 23.5 Å². The number of hydroxylamine groups is 2. The highest BCUT2D eigenvalue weighted by Gasteiger charge is 2.22. The minimum Gasteiger partial charge on any atom is -0.332 e. The molecule has 4 heteroatoms. The van der Waals surface area contributed by atoms with Crippen LogP contribution in [0.25, 0.3) is 0 Å². The molecular weight excluding hydrogens is 314 g/mol. The molecule has 0 bridgehead atoms. The molecule has 0 saturated heterocycles. The number of hydrogen-bond acceptors (Lipinski definition) is 3. The summed E-state index contributed by atoms with van der Waals surface area (Å²) in [5.41, 5.74) is 1.37. The predicted octanol–water partition coefficient (Wildman–Crippen LogP) is 4.13. The summed E-state index contributed by atoms with van der Waals surface area (Å²) < 4.78 is 0. The molecule has 2 aromatic rings. The highest BCUT2D eigenvalue weighted by atomic mass is 16.7. The zero-order chi connectivity index (χ0) is 18.1. The van der Waals surface area contributed by atoms with Gasteiger partial charge in [-0.2, -0.15) is 5.06 Å². The van der Waals surface area contributed by atoms with E-state index in [-0.39, 0.29) is 24.8 Å². The maximum Gasteiger partial charge on any atom is 0.363 e. The summed E-state index contributed by atoms with van der Waals surface area (Å²) in [4.78, 5) is 30.0. The fourth-order valence-corrected chi connectivity index (χ4v) is 2.36. The molecule has 1 unspecified atom stereocenters. The fraction of sp³-hybridized carbons (Fsp3) is 0.143. The average molecular weight is 335 g/mol. The van der Waals surface area contributed by atoms with Crippen LogP contribution in [-0.2, 0) is 9.63 Å². The zero-order valence-corrected chi connectivity index (χ0v) is 14.0. The summed E-state index contributed by atoms with van der Waals surface area (Å²) in [6.07, 6.45) is 3.39. The van der Waals surface area contributed by atoms with Crippen molar-refractivity contribution in [2.24, 2.45) is 0 Å². The Labute approximate surface area is 148 Å². The van der Waals surface area contributed by atoms with Crippen molar-refractivity contribution in [3.05, 3.63) is 97.1 Å². The predicted molar refractivity (Wildman–Crippen MR) is 97.8 cm³/mol. The Morgan fingerprint density at radius 3 is 2.16 bits per heavy atom. The van der Waals surface area contributed by atoms with Gasteiger partial charge in [-0.3, -0.25) is 4.79 Å². The molecular formula is C21H21NO3.